The van der Waals surface area contributed by atoms with Crippen LogP contribution in [0.3, 0.4) is 0 Å². The molecule has 10 heteroatoms. The number of hydrogen-bond donors (Lipinski definition) is 4. The van der Waals surface area contributed by atoms with Crippen molar-refractivity contribution in [1.82, 2.24) is 20.9 Å². The molecule has 0 radical (unpaired) electrons. The Labute approximate surface area is 194 Å². The molecule has 2 heterocycles. The molecule has 3 atom stereocenters. The number of carbonyl (C=O) groups is 3. The van der Waals surface area contributed by atoms with Crippen LogP contribution in [0, 0.1) is 34.8 Å². The summed E-state index contributed by atoms with van der Waals surface area (Å²) in [7, 11) is 0. The van der Waals surface area contributed by atoms with Crippen LogP contribution in [0.2, 0.25) is 0 Å². The van der Waals surface area contributed by atoms with E-state index in [1.807, 2.05) is 0 Å². The van der Waals surface area contributed by atoms with Crippen LogP contribution in [0.1, 0.15) is 55.4 Å². The third-order valence-corrected chi connectivity index (χ3v) is 7.06. The normalized spacial score (nSPS) is 22.1. The second kappa shape index (κ2) is 8.38. The number of fused-ring (bicyclic) bond motifs is 1. The molecular weight excluding hydrogens is 444 g/mol. The Balaban J connectivity index is 1.26. The molecular formula is C24H25F2N5O3. The van der Waals surface area contributed by atoms with E-state index >= 15 is 0 Å². The maximum absolute atomic E-state index is 14.0. The SMILES string of the molecule is N#CC(CC1CC2(CC2)NC1=O)NC(=O)C(CC1CC1)NC(=O)c1cc2c(F)ccc(F)c2[nH]1. The van der Waals surface area contributed by atoms with Gasteiger partial charge in [0, 0.05) is 16.8 Å². The van der Waals surface area contributed by atoms with Crippen LogP contribution in [0.4, 0.5) is 8.78 Å². The van der Waals surface area contributed by atoms with Crippen molar-refractivity contribution < 1.29 is 23.2 Å². The van der Waals surface area contributed by atoms with Crippen LogP contribution >= 0.6 is 0 Å². The van der Waals surface area contributed by atoms with Crippen molar-refractivity contribution in [3.63, 3.8) is 0 Å². The molecule has 1 saturated heterocycles. The van der Waals surface area contributed by atoms with Gasteiger partial charge >= 0.3 is 0 Å². The number of rotatable bonds is 8. The fourth-order valence-corrected chi connectivity index (χ4v) is 4.78. The van der Waals surface area contributed by atoms with Crippen LogP contribution in [0.15, 0.2) is 18.2 Å². The predicted molar refractivity (Wildman–Crippen MR) is 117 cm³/mol. The summed E-state index contributed by atoms with van der Waals surface area (Å²) in [6, 6.07) is 3.43. The highest BCUT2D eigenvalue weighted by molar-refractivity contribution is 6.00. The molecule has 4 N–H and O–H groups in total. The zero-order valence-electron chi connectivity index (χ0n) is 18.4. The Bertz CT molecular complexity index is 1170. The lowest BCUT2D eigenvalue weighted by Gasteiger charge is -2.21. The third kappa shape index (κ3) is 4.47. The highest BCUT2D eigenvalue weighted by Crippen LogP contribution is 2.46. The summed E-state index contributed by atoms with van der Waals surface area (Å²) < 4.78 is 28.0. The zero-order chi connectivity index (χ0) is 24.0. The molecule has 2 aromatic rings. The van der Waals surface area contributed by atoms with Crippen LogP contribution in [0.25, 0.3) is 10.9 Å². The van der Waals surface area contributed by atoms with Crippen molar-refractivity contribution in [2.75, 3.05) is 0 Å². The second-order valence-corrected chi connectivity index (χ2v) is 9.80. The van der Waals surface area contributed by atoms with Crippen molar-refractivity contribution in [1.29, 1.82) is 5.26 Å². The van der Waals surface area contributed by atoms with Crippen LogP contribution in [-0.4, -0.2) is 40.3 Å². The summed E-state index contributed by atoms with van der Waals surface area (Å²) in [6.45, 7) is 0. The summed E-state index contributed by atoms with van der Waals surface area (Å²) in [5.74, 6) is -2.68. The van der Waals surface area contributed by atoms with E-state index in [0.29, 0.717) is 12.8 Å². The van der Waals surface area contributed by atoms with Gasteiger partial charge < -0.3 is 20.9 Å². The Morgan fingerprint density at radius 2 is 1.91 bits per heavy atom. The predicted octanol–water partition coefficient (Wildman–Crippen LogP) is 2.41. The average Bonchev–Trinajstić information content (AvgIpc) is 3.70. The number of nitrogens with zero attached hydrogens (tertiary/aromatic N) is 1. The van der Waals surface area contributed by atoms with Gasteiger partial charge in [-0.3, -0.25) is 14.4 Å². The lowest BCUT2D eigenvalue weighted by atomic mass is 9.95. The van der Waals surface area contributed by atoms with Crippen molar-refractivity contribution >= 4 is 28.6 Å². The monoisotopic (exact) mass is 469 g/mol. The molecule has 178 valence electrons. The smallest absolute Gasteiger partial charge is 0.268 e. The van der Waals surface area contributed by atoms with Crippen molar-refractivity contribution in [3.8, 4) is 6.07 Å². The summed E-state index contributed by atoms with van der Waals surface area (Å²) in [4.78, 5) is 40.6. The number of nitrogens with one attached hydrogen (secondary N) is 4. The van der Waals surface area contributed by atoms with E-state index in [0.717, 1.165) is 37.8 Å². The number of halogens is 2. The lowest BCUT2D eigenvalue weighted by Crippen LogP contribution is -2.50. The zero-order valence-corrected chi connectivity index (χ0v) is 18.4. The number of carbonyl (C=O) groups excluding carboxylic acids is 3. The van der Waals surface area contributed by atoms with Crippen molar-refractivity contribution in [3.05, 3.63) is 35.5 Å². The fraction of sp³-hybridized carbons (Fsp3) is 0.500. The molecule has 34 heavy (non-hydrogen) atoms. The molecule has 2 aliphatic carbocycles. The van der Waals surface area contributed by atoms with E-state index in [9.17, 15) is 28.4 Å². The maximum atomic E-state index is 14.0. The number of aromatic nitrogens is 1. The molecule has 3 fully saturated rings. The Morgan fingerprint density at radius 3 is 2.53 bits per heavy atom. The molecule has 5 rings (SSSR count). The van der Waals surface area contributed by atoms with Gasteiger partial charge in [-0.15, -0.1) is 0 Å². The minimum atomic E-state index is -0.913. The molecule has 1 aromatic heterocycles. The van der Waals surface area contributed by atoms with E-state index in [2.05, 4.69) is 27.0 Å². The van der Waals surface area contributed by atoms with Crippen LogP contribution < -0.4 is 16.0 Å². The van der Waals surface area contributed by atoms with Gasteiger partial charge in [0.25, 0.3) is 5.91 Å². The van der Waals surface area contributed by atoms with Gasteiger partial charge in [0.05, 0.1) is 11.6 Å². The topological polar surface area (TPSA) is 127 Å². The third-order valence-electron chi connectivity index (χ3n) is 7.06. The molecule has 0 bridgehead atoms. The number of amides is 3. The van der Waals surface area contributed by atoms with Gasteiger partial charge in [-0.1, -0.05) is 12.8 Å². The number of H-pyrrole nitrogens is 1. The molecule has 3 unspecified atom stereocenters. The number of benzene rings is 1. The van der Waals surface area contributed by atoms with Gasteiger partial charge in [-0.25, -0.2) is 8.78 Å². The Hall–Kier alpha value is -3.48. The quantitative estimate of drug-likeness (QED) is 0.474. The van der Waals surface area contributed by atoms with Gasteiger partial charge in [0.2, 0.25) is 11.8 Å². The summed E-state index contributed by atoms with van der Waals surface area (Å²) >= 11 is 0. The fourth-order valence-electron chi connectivity index (χ4n) is 4.78. The lowest BCUT2D eigenvalue weighted by molar-refractivity contribution is -0.125. The molecule has 1 aliphatic heterocycles. The first-order chi connectivity index (χ1) is 16.3. The Kier molecular flexibility index (Phi) is 5.50. The van der Waals surface area contributed by atoms with E-state index in [4.69, 9.17) is 0 Å². The van der Waals surface area contributed by atoms with Crippen LogP contribution in [0.5, 0.6) is 0 Å². The molecule has 3 amide bonds. The van der Waals surface area contributed by atoms with Gasteiger partial charge in [0.15, 0.2) is 0 Å². The summed E-state index contributed by atoms with van der Waals surface area (Å²) in [5, 5.41) is 17.8. The van der Waals surface area contributed by atoms with E-state index < -0.39 is 35.5 Å². The Morgan fingerprint density at radius 1 is 1.18 bits per heavy atom. The minimum absolute atomic E-state index is 0.0545. The molecule has 1 spiro atoms. The van der Waals surface area contributed by atoms with E-state index in [1.54, 1.807) is 0 Å². The van der Waals surface area contributed by atoms with Crippen molar-refractivity contribution in [2.24, 2.45) is 11.8 Å². The number of aromatic amines is 1. The first-order valence-electron chi connectivity index (χ1n) is 11.6. The maximum Gasteiger partial charge on any atom is 0.268 e. The molecule has 3 aliphatic rings. The first kappa shape index (κ1) is 22.3. The van der Waals surface area contributed by atoms with Crippen LogP contribution in [-0.2, 0) is 9.59 Å². The number of nitriles is 1. The largest absolute Gasteiger partial charge is 0.350 e. The molecule has 8 nitrogen and oxygen atoms in total. The second-order valence-electron chi connectivity index (χ2n) is 9.80. The molecule has 2 saturated carbocycles. The van der Waals surface area contributed by atoms with Crippen molar-refractivity contribution in [2.45, 2.75) is 62.6 Å². The minimum Gasteiger partial charge on any atom is -0.350 e. The van der Waals surface area contributed by atoms with E-state index in [-0.39, 0.29) is 46.3 Å². The van der Waals surface area contributed by atoms with E-state index in [1.165, 1.54) is 6.07 Å². The highest BCUT2D eigenvalue weighted by atomic mass is 19.1. The van der Waals surface area contributed by atoms with Gasteiger partial charge in [0.1, 0.15) is 29.4 Å². The number of hydrogen-bond acceptors (Lipinski definition) is 4. The summed E-state index contributed by atoms with van der Waals surface area (Å²) in [5.41, 5.74) is -0.310. The summed E-state index contributed by atoms with van der Waals surface area (Å²) in [6.07, 6.45) is 5.02. The van der Waals surface area contributed by atoms with Gasteiger partial charge in [-0.05, 0) is 56.2 Å². The first-order valence-corrected chi connectivity index (χ1v) is 11.6. The standard InChI is InChI=1S/C24H25F2N5O3/c25-16-3-4-17(26)20-15(16)9-19(29-20)23(34)30-18(7-12-1-2-12)22(33)28-14(11-27)8-13-10-24(5-6-24)31-21(13)32/h3-4,9,12-14,18,29H,1-2,5-8,10H2,(H,28,33)(H,30,34)(H,31,32). The van der Waals surface area contributed by atoms with Gasteiger partial charge in [-0.2, -0.15) is 5.26 Å². The molecule has 1 aromatic carbocycles. The highest BCUT2D eigenvalue weighted by Gasteiger charge is 2.52. The average molecular weight is 469 g/mol.